The third kappa shape index (κ3) is 2.42. The Bertz CT molecular complexity index is 493. The molecule has 0 saturated carbocycles. The lowest BCUT2D eigenvalue weighted by atomic mass is 10.3. The summed E-state index contributed by atoms with van der Waals surface area (Å²) in [5, 5.41) is 3.10. The van der Waals surface area contributed by atoms with Gasteiger partial charge in [0.05, 0.1) is 0 Å². The monoisotopic (exact) mass is 212 g/mol. The summed E-state index contributed by atoms with van der Waals surface area (Å²) in [4.78, 5) is 12.3. The number of aromatic nitrogens is 3. The molecule has 1 aromatic carbocycles. The van der Waals surface area contributed by atoms with Crippen LogP contribution >= 0.6 is 0 Å². The lowest BCUT2D eigenvalue weighted by molar-refractivity contribution is 1.02. The quantitative estimate of drug-likeness (QED) is 0.849. The van der Waals surface area contributed by atoms with Gasteiger partial charge in [-0.3, -0.25) is 0 Å². The van der Waals surface area contributed by atoms with Crippen LogP contribution in [-0.4, -0.2) is 15.0 Å². The van der Waals surface area contributed by atoms with Gasteiger partial charge in [-0.25, -0.2) is 9.97 Å². The summed E-state index contributed by atoms with van der Waals surface area (Å²) >= 11 is 0. The summed E-state index contributed by atoms with van der Waals surface area (Å²) in [6.45, 7) is 5.66. The maximum atomic E-state index is 4.23. The number of hydrogen-bond acceptors (Lipinski definition) is 4. The number of para-hydroxylation sites is 1. The Morgan fingerprint density at radius 2 is 1.94 bits per heavy atom. The van der Waals surface area contributed by atoms with E-state index in [0.717, 1.165) is 11.3 Å². The van der Waals surface area contributed by atoms with Crippen molar-refractivity contribution in [3.05, 3.63) is 49.1 Å². The van der Waals surface area contributed by atoms with Crippen molar-refractivity contribution in [2.75, 3.05) is 5.32 Å². The molecule has 0 atom stereocenters. The molecule has 1 heterocycles. The SMILES string of the molecule is C=C(C)c1ncnc(Nc2ccccc2)n1. The van der Waals surface area contributed by atoms with E-state index in [4.69, 9.17) is 0 Å². The van der Waals surface area contributed by atoms with E-state index in [1.165, 1.54) is 6.33 Å². The van der Waals surface area contributed by atoms with Gasteiger partial charge in [0.15, 0.2) is 5.82 Å². The lowest BCUT2D eigenvalue weighted by Crippen LogP contribution is -2.00. The van der Waals surface area contributed by atoms with Crippen molar-refractivity contribution >= 4 is 17.2 Å². The fourth-order valence-corrected chi connectivity index (χ4v) is 1.21. The van der Waals surface area contributed by atoms with Gasteiger partial charge in [0.1, 0.15) is 6.33 Å². The highest BCUT2D eigenvalue weighted by molar-refractivity contribution is 5.57. The van der Waals surface area contributed by atoms with Crippen LogP contribution in [0.15, 0.2) is 43.2 Å². The van der Waals surface area contributed by atoms with Crippen LogP contribution in [0, 0.1) is 0 Å². The van der Waals surface area contributed by atoms with Gasteiger partial charge >= 0.3 is 0 Å². The van der Waals surface area contributed by atoms with Gasteiger partial charge in [-0.15, -0.1) is 0 Å². The molecule has 2 rings (SSSR count). The predicted octanol–water partition coefficient (Wildman–Crippen LogP) is 2.65. The zero-order valence-electron chi connectivity index (χ0n) is 9.01. The number of anilines is 2. The maximum absolute atomic E-state index is 4.23. The third-order valence-corrected chi connectivity index (χ3v) is 1.98. The van der Waals surface area contributed by atoms with E-state index in [0.29, 0.717) is 11.8 Å². The first kappa shape index (κ1) is 10.3. The summed E-state index contributed by atoms with van der Waals surface area (Å²) in [7, 11) is 0. The molecule has 0 fully saturated rings. The Balaban J connectivity index is 2.22. The first-order valence-electron chi connectivity index (χ1n) is 4.93. The highest BCUT2D eigenvalue weighted by Gasteiger charge is 2.01. The van der Waals surface area contributed by atoms with Crippen LogP contribution in [0.2, 0.25) is 0 Å². The van der Waals surface area contributed by atoms with Crippen molar-refractivity contribution in [2.24, 2.45) is 0 Å². The van der Waals surface area contributed by atoms with Gasteiger partial charge in [0.25, 0.3) is 0 Å². The van der Waals surface area contributed by atoms with Crippen LogP contribution in [0.1, 0.15) is 12.7 Å². The molecule has 4 heteroatoms. The smallest absolute Gasteiger partial charge is 0.230 e. The van der Waals surface area contributed by atoms with Gasteiger partial charge in [0.2, 0.25) is 5.95 Å². The molecule has 0 spiro atoms. The molecule has 0 unspecified atom stereocenters. The van der Waals surface area contributed by atoms with Crippen molar-refractivity contribution in [2.45, 2.75) is 6.92 Å². The standard InChI is InChI=1S/C12H12N4/c1-9(2)11-13-8-14-12(16-11)15-10-6-4-3-5-7-10/h3-8H,1H2,2H3,(H,13,14,15,16). The fraction of sp³-hybridized carbons (Fsp3) is 0.0833. The minimum atomic E-state index is 0.527. The molecule has 1 N–H and O–H groups in total. The average Bonchev–Trinajstić information content (AvgIpc) is 2.30. The molecular formula is C12H12N4. The summed E-state index contributed by atoms with van der Waals surface area (Å²) < 4.78 is 0. The molecule has 16 heavy (non-hydrogen) atoms. The fourth-order valence-electron chi connectivity index (χ4n) is 1.21. The number of nitrogens with one attached hydrogen (secondary N) is 1. The molecule has 1 aromatic heterocycles. The number of allylic oxidation sites excluding steroid dienone is 1. The van der Waals surface area contributed by atoms with Crippen molar-refractivity contribution in [1.29, 1.82) is 0 Å². The van der Waals surface area contributed by atoms with E-state index >= 15 is 0 Å². The van der Waals surface area contributed by atoms with Crippen molar-refractivity contribution < 1.29 is 0 Å². The zero-order valence-corrected chi connectivity index (χ0v) is 9.01. The normalized spacial score (nSPS) is 9.81. The molecule has 2 aromatic rings. The Kier molecular flexibility index (Phi) is 2.91. The second kappa shape index (κ2) is 4.53. The molecule has 80 valence electrons. The van der Waals surface area contributed by atoms with E-state index in [-0.39, 0.29) is 0 Å². The minimum absolute atomic E-state index is 0.527. The topological polar surface area (TPSA) is 50.7 Å². The lowest BCUT2D eigenvalue weighted by Gasteiger charge is -2.04. The van der Waals surface area contributed by atoms with Gasteiger partial charge < -0.3 is 5.32 Å². The number of nitrogens with zero attached hydrogens (tertiary/aromatic N) is 3. The van der Waals surface area contributed by atoms with E-state index in [1.807, 2.05) is 37.3 Å². The molecule has 0 bridgehead atoms. The van der Waals surface area contributed by atoms with Crippen LogP contribution < -0.4 is 5.32 Å². The Morgan fingerprint density at radius 1 is 1.19 bits per heavy atom. The molecule has 0 saturated heterocycles. The molecule has 0 radical (unpaired) electrons. The van der Waals surface area contributed by atoms with Crippen LogP contribution in [-0.2, 0) is 0 Å². The number of rotatable bonds is 3. The molecule has 0 aliphatic rings. The van der Waals surface area contributed by atoms with Crippen LogP contribution in [0.4, 0.5) is 11.6 Å². The van der Waals surface area contributed by atoms with Crippen molar-refractivity contribution in [3.8, 4) is 0 Å². The van der Waals surface area contributed by atoms with Crippen molar-refractivity contribution in [3.63, 3.8) is 0 Å². The maximum Gasteiger partial charge on any atom is 0.230 e. The molecule has 4 nitrogen and oxygen atoms in total. The Labute approximate surface area is 94.1 Å². The Hall–Kier alpha value is -2.23. The largest absolute Gasteiger partial charge is 0.324 e. The van der Waals surface area contributed by atoms with E-state index in [1.54, 1.807) is 0 Å². The predicted molar refractivity (Wildman–Crippen MR) is 64.3 cm³/mol. The highest BCUT2D eigenvalue weighted by atomic mass is 15.1. The van der Waals surface area contributed by atoms with E-state index < -0.39 is 0 Å². The number of benzene rings is 1. The third-order valence-electron chi connectivity index (χ3n) is 1.98. The molecule has 0 amide bonds. The van der Waals surface area contributed by atoms with Gasteiger partial charge in [-0.2, -0.15) is 4.98 Å². The second-order valence-corrected chi connectivity index (χ2v) is 3.40. The van der Waals surface area contributed by atoms with E-state index in [2.05, 4.69) is 26.8 Å². The number of hydrogen-bond donors (Lipinski definition) is 1. The van der Waals surface area contributed by atoms with E-state index in [9.17, 15) is 0 Å². The van der Waals surface area contributed by atoms with Crippen LogP contribution in [0.25, 0.3) is 5.57 Å². The van der Waals surface area contributed by atoms with Gasteiger partial charge in [-0.05, 0) is 24.6 Å². The van der Waals surface area contributed by atoms with Gasteiger partial charge in [0, 0.05) is 5.69 Å². The Morgan fingerprint density at radius 3 is 2.62 bits per heavy atom. The van der Waals surface area contributed by atoms with Crippen LogP contribution in [0.3, 0.4) is 0 Å². The first-order chi connectivity index (χ1) is 7.75. The van der Waals surface area contributed by atoms with Gasteiger partial charge in [-0.1, -0.05) is 24.8 Å². The molecular weight excluding hydrogens is 200 g/mol. The summed E-state index contributed by atoms with van der Waals surface area (Å²) in [5.41, 5.74) is 1.76. The summed E-state index contributed by atoms with van der Waals surface area (Å²) in [6, 6.07) is 9.75. The molecule has 0 aliphatic carbocycles. The van der Waals surface area contributed by atoms with Crippen LogP contribution in [0.5, 0.6) is 0 Å². The zero-order chi connectivity index (χ0) is 11.4. The minimum Gasteiger partial charge on any atom is -0.324 e. The average molecular weight is 212 g/mol. The molecule has 0 aliphatic heterocycles. The van der Waals surface area contributed by atoms with Crippen molar-refractivity contribution in [1.82, 2.24) is 15.0 Å². The second-order valence-electron chi connectivity index (χ2n) is 3.40. The first-order valence-corrected chi connectivity index (χ1v) is 4.93. The summed E-state index contributed by atoms with van der Waals surface area (Å²) in [6.07, 6.45) is 1.47. The summed E-state index contributed by atoms with van der Waals surface area (Å²) in [5.74, 6) is 1.13. The highest BCUT2D eigenvalue weighted by Crippen LogP contribution is 2.12.